The molecule has 7 nitrogen and oxygen atoms in total. The van der Waals surface area contributed by atoms with Crippen molar-refractivity contribution in [2.75, 3.05) is 41.5 Å². The Hall–Kier alpha value is -2.84. The number of benzene rings is 2. The Labute approximate surface area is 189 Å². The molecule has 3 rings (SSSR count). The highest BCUT2D eigenvalue weighted by Crippen LogP contribution is 2.24. The Balaban J connectivity index is 1.51. The summed E-state index contributed by atoms with van der Waals surface area (Å²) < 4.78 is 29.6. The standard InChI is InChI=1S/C24H33FN4O3/c1-26-24(27-13-17-5-6-23(25)19(9-17)16-30-2)28-20-7-8-29(15-20)14-18-10-21(31-3)12-22(11-18)32-4/h5-6,9-12,20H,7-8,13-16H2,1-4H3,(H2,26,27,28). The molecule has 0 aliphatic carbocycles. The van der Waals surface area contributed by atoms with Crippen molar-refractivity contribution in [3.8, 4) is 11.5 Å². The minimum absolute atomic E-state index is 0.252. The van der Waals surface area contributed by atoms with Gasteiger partial charge < -0.3 is 24.8 Å². The van der Waals surface area contributed by atoms with E-state index < -0.39 is 0 Å². The second-order valence-electron chi connectivity index (χ2n) is 7.87. The average Bonchev–Trinajstić information content (AvgIpc) is 3.24. The first-order valence-corrected chi connectivity index (χ1v) is 10.7. The predicted molar refractivity (Wildman–Crippen MR) is 124 cm³/mol. The summed E-state index contributed by atoms with van der Waals surface area (Å²) in [6, 6.07) is 11.3. The third-order valence-electron chi connectivity index (χ3n) is 5.52. The zero-order chi connectivity index (χ0) is 22.9. The summed E-state index contributed by atoms with van der Waals surface area (Å²) in [7, 11) is 6.64. The van der Waals surface area contributed by atoms with Crippen molar-refractivity contribution in [2.45, 2.75) is 32.2 Å². The number of methoxy groups -OCH3 is 3. The van der Waals surface area contributed by atoms with E-state index >= 15 is 0 Å². The second kappa shape index (κ2) is 11.7. The summed E-state index contributed by atoms with van der Waals surface area (Å²) in [6.45, 7) is 3.54. The SMILES string of the molecule is CN=C(NCc1ccc(F)c(COC)c1)NC1CCN(Cc2cc(OC)cc(OC)c2)C1. The third kappa shape index (κ3) is 6.58. The number of guanidine groups is 1. The van der Waals surface area contributed by atoms with E-state index in [4.69, 9.17) is 14.2 Å². The molecule has 1 atom stereocenters. The number of ether oxygens (including phenoxy) is 3. The molecule has 0 bridgehead atoms. The van der Waals surface area contributed by atoms with E-state index in [1.54, 1.807) is 34.4 Å². The van der Waals surface area contributed by atoms with Crippen LogP contribution in [0.1, 0.15) is 23.1 Å². The number of nitrogens with one attached hydrogen (secondary N) is 2. The van der Waals surface area contributed by atoms with Crippen LogP contribution in [0.4, 0.5) is 4.39 Å². The Morgan fingerprint density at radius 3 is 2.50 bits per heavy atom. The number of likely N-dealkylation sites (tertiary alicyclic amines) is 1. The predicted octanol–water partition coefficient (Wildman–Crippen LogP) is 2.93. The number of rotatable bonds is 9. The Morgan fingerprint density at radius 1 is 1.09 bits per heavy atom. The van der Waals surface area contributed by atoms with Gasteiger partial charge in [-0.2, -0.15) is 0 Å². The van der Waals surface area contributed by atoms with Gasteiger partial charge >= 0.3 is 0 Å². The van der Waals surface area contributed by atoms with Gasteiger partial charge in [-0.05, 0) is 41.8 Å². The lowest BCUT2D eigenvalue weighted by atomic mass is 10.1. The molecule has 2 N–H and O–H groups in total. The molecular weight excluding hydrogens is 411 g/mol. The quantitative estimate of drug-likeness (QED) is 0.458. The topological polar surface area (TPSA) is 67.4 Å². The lowest BCUT2D eigenvalue weighted by molar-refractivity contribution is 0.181. The first-order valence-electron chi connectivity index (χ1n) is 10.7. The number of hydrogen-bond donors (Lipinski definition) is 2. The first kappa shape index (κ1) is 23.8. The van der Waals surface area contributed by atoms with Crippen LogP contribution in [0.25, 0.3) is 0 Å². The Kier molecular flexibility index (Phi) is 8.70. The van der Waals surface area contributed by atoms with E-state index in [9.17, 15) is 4.39 Å². The molecule has 1 fully saturated rings. The van der Waals surface area contributed by atoms with Crippen molar-refractivity contribution in [1.82, 2.24) is 15.5 Å². The monoisotopic (exact) mass is 444 g/mol. The van der Waals surface area contributed by atoms with Gasteiger partial charge in [-0.1, -0.05) is 6.07 Å². The molecule has 0 saturated carbocycles. The molecule has 2 aromatic carbocycles. The number of hydrogen-bond acceptors (Lipinski definition) is 5. The maximum Gasteiger partial charge on any atom is 0.191 e. The van der Waals surface area contributed by atoms with Gasteiger partial charge in [0.2, 0.25) is 0 Å². The fraction of sp³-hybridized carbons (Fsp3) is 0.458. The maximum atomic E-state index is 13.8. The normalized spacial score (nSPS) is 16.8. The van der Waals surface area contributed by atoms with Gasteiger partial charge in [0.05, 0.1) is 20.8 Å². The molecule has 1 aliphatic heterocycles. The fourth-order valence-corrected chi connectivity index (χ4v) is 3.89. The van der Waals surface area contributed by atoms with Gasteiger partial charge in [0, 0.05) is 58.0 Å². The van der Waals surface area contributed by atoms with Crippen molar-refractivity contribution in [3.63, 3.8) is 0 Å². The highest BCUT2D eigenvalue weighted by Gasteiger charge is 2.23. The lowest BCUT2D eigenvalue weighted by Crippen LogP contribution is -2.44. The van der Waals surface area contributed by atoms with Gasteiger partial charge in [-0.15, -0.1) is 0 Å². The molecule has 0 amide bonds. The van der Waals surface area contributed by atoms with Crippen LogP contribution in [-0.2, 0) is 24.4 Å². The van der Waals surface area contributed by atoms with Crippen LogP contribution in [0.3, 0.4) is 0 Å². The first-order chi connectivity index (χ1) is 15.5. The molecule has 32 heavy (non-hydrogen) atoms. The minimum Gasteiger partial charge on any atom is -0.497 e. The van der Waals surface area contributed by atoms with Crippen LogP contribution in [-0.4, -0.2) is 58.4 Å². The highest BCUT2D eigenvalue weighted by molar-refractivity contribution is 5.80. The number of halogens is 1. The number of aliphatic imine (C=N–C) groups is 1. The van der Waals surface area contributed by atoms with E-state index in [0.29, 0.717) is 18.2 Å². The van der Waals surface area contributed by atoms with Crippen LogP contribution >= 0.6 is 0 Å². The summed E-state index contributed by atoms with van der Waals surface area (Å²) in [4.78, 5) is 6.74. The maximum absolute atomic E-state index is 13.8. The van der Waals surface area contributed by atoms with Crippen molar-refractivity contribution in [3.05, 3.63) is 58.9 Å². The molecule has 0 aromatic heterocycles. The summed E-state index contributed by atoms with van der Waals surface area (Å²) in [5, 5.41) is 6.82. The molecule has 0 radical (unpaired) electrons. The van der Waals surface area contributed by atoms with E-state index in [0.717, 1.165) is 54.6 Å². The molecular formula is C24H33FN4O3. The molecule has 1 aliphatic rings. The Morgan fingerprint density at radius 2 is 1.84 bits per heavy atom. The highest BCUT2D eigenvalue weighted by atomic mass is 19.1. The van der Waals surface area contributed by atoms with Crippen LogP contribution in [0.2, 0.25) is 0 Å². The fourth-order valence-electron chi connectivity index (χ4n) is 3.89. The van der Waals surface area contributed by atoms with Crippen molar-refractivity contribution < 1.29 is 18.6 Å². The summed E-state index contributed by atoms with van der Waals surface area (Å²) in [5.74, 6) is 2.08. The third-order valence-corrected chi connectivity index (χ3v) is 5.52. The van der Waals surface area contributed by atoms with E-state index in [1.165, 1.54) is 6.07 Å². The van der Waals surface area contributed by atoms with Gasteiger partial charge in [0.1, 0.15) is 17.3 Å². The van der Waals surface area contributed by atoms with E-state index in [1.807, 2.05) is 24.3 Å². The van der Waals surface area contributed by atoms with Crippen molar-refractivity contribution in [2.24, 2.45) is 4.99 Å². The molecule has 2 aromatic rings. The molecule has 0 spiro atoms. The zero-order valence-corrected chi connectivity index (χ0v) is 19.3. The minimum atomic E-state index is -0.252. The van der Waals surface area contributed by atoms with E-state index in [2.05, 4.69) is 20.5 Å². The van der Waals surface area contributed by atoms with Crippen LogP contribution in [0.15, 0.2) is 41.4 Å². The average molecular weight is 445 g/mol. The van der Waals surface area contributed by atoms with Gasteiger partial charge in [0.25, 0.3) is 0 Å². The summed E-state index contributed by atoms with van der Waals surface area (Å²) in [5.41, 5.74) is 2.68. The molecule has 1 heterocycles. The summed E-state index contributed by atoms with van der Waals surface area (Å²) in [6.07, 6.45) is 1.02. The van der Waals surface area contributed by atoms with Gasteiger partial charge in [0.15, 0.2) is 5.96 Å². The van der Waals surface area contributed by atoms with Gasteiger partial charge in [-0.3, -0.25) is 9.89 Å². The van der Waals surface area contributed by atoms with E-state index in [-0.39, 0.29) is 12.4 Å². The number of nitrogens with zero attached hydrogens (tertiary/aromatic N) is 2. The molecule has 174 valence electrons. The second-order valence-corrected chi connectivity index (χ2v) is 7.87. The van der Waals surface area contributed by atoms with Crippen LogP contribution in [0.5, 0.6) is 11.5 Å². The Bertz CT molecular complexity index is 900. The molecule has 1 saturated heterocycles. The zero-order valence-electron chi connectivity index (χ0n) is 19.3. The van der Waals surface area contributed by atoms with Crippen LogP contribution < -0.4 is 20.1 Å². The largest absolute Gasteiger partial charge is 0.497 e. The van der Waals surface area contributed by atoms with Crippen LogP contribution in [0, 0.1) is 5.82 Å². The lowest BCUT2D eigenvalue weighted by Gasteiger charge is -2.19. The van der Waals surface area contributed by atoms with Crippen molar-refractivity contribution >= 4 is 5.96 Å². The molecule has 8 heteroatoms. The molecule has 1 unspecified atom stereocenters. The van der Waals surface area contributed by atoms with Crippen molar-refractivity contribution in [1.29, 1.82) is 0 Å². The smallest absolute Gasteiger partial charge is 0.191 e. The summed E-state index contributed by atoms with van der Waals surface area (Å²) >= 11 is 0. The van der Waals surface area contributed by atoms with Gasteiger partial charge in [-0.25, -0.2) is 4.39 Å².